The Morgan fingerprint density at radius 1 is 0.839 bits per heavy atom. The normalized spacial score (nSPS) is 14.3. The number of hydrazone groups is 1. The van der Waals surface area contributed by atoms with Crippen LogP contribution in [0, 0.1) is 0 Å². The van der Waals surface area contributed by atoms with E-state index in [0.29, 0.717) is 0 Å². The Balaban J connectivity index is 1.47. The molecule has 0 fully saturated rings. The van der Waals surface area contributed by atoms with Crippen molar-refractivity contribution in [2.75, 3.05) is 31.1 Å². The molecule has 0 saturated carbocycles. The van der Waals surface area contributed by atoms with Gasteiger partial charge in [0.2, 0.25) is 0 Å². The van der Waals surface area contributed by atoms with Gasteiger partial charge in [0.05, 0.1) is 30.4 Å². The summed E-state index contributed by atoms with van der Waals surface area (Å²) in [5, 5.41) is 6.53. The van der Waals surface area contributed by atoms with Crippen LogP contribution in [0.15, 0.2) is 82.9 Å². The van der Waals surface area contributed by atoms with Crippen molar-refractivity contribution in [3.05, 3.63) is 78.4 Å². The van der Waals surface area contributed by atoms with Gasteiger partial charge in [-0.05, 0) is 60.2 Å². The standard InChI is InChI=1S/C26H28N4O/c1-26(2)23-8-6-7-9-24(23)28-25(26)18-27-30(4)21-12-10-19(11-13-21)29(3)20-14-16-22(31-5)17-15-20/h6-18H,1-5H3/b27-18+. The van der Waals surface area contributed by atoms with Gasteiger partial charge in [-0.25, -0.2) is 0 Å². The summed E-state index contributed by atoms with van der Waals surface area (Å²) in [6, 6.07) is 24.6. The second-order valence-corrected chi connectivity index (χ2v) is 8.18. The molecule has 0 radical (unpaired) electrons. The average Bonchev–Trinajstić information content (AvgIpc) is 3.07. The number of fused-ring (bicyclic) bond motifs is 1. The molecular formula is C26H28N4O. The lowest BCUT2D eigenvalue weighted by Crippen LogP contribution is -2.27. The van der Waals surface area contributed by atoms with Crippen molar-refractivity contribution in [2.24, 2.45) is 10.1 Å². The molecule has 31 heavy (non-hydrogen) atoms. The molecule has 3 aromatic carbocycles. The van der Waals surface area contributed by atoms with Gasteiger partial charge in [0.1, 0.15) is 5.75 Å². The number of methoxy groups -OCH3 is 1. The van der Waals surface area contributed by atoms with E-state index in [1.54, 1.807) is 7.11 Å². The van der Waals surface area contributed by atoms with Crippen LogP contribution in [-0.4, -0.2) is 33.1 Å². The molecule has 5 heteroatoms. The van der Waals surface area contributed by atoms with Crippen LogP contribution in [-0.2, 0) is 5.41 Å². The van der Waals surface area contributed by atoms with Crippen molar-refractivity contribution in [3.63, 3.8) is 0 Å². The predicted molar refractivity (Wildman–Crippen MR) is 131 cm³/mol. The van der Waals surface area contributed by atoms with Gasteiger partial charge >= 0.3 is 0 Å². The van der Waals surface area contributed by atoms with Crippen molar-refractivity contribution < 1.29 is 4.74 Å². The topological polar surface area (TPSA) is 40.4 Å². The fraction of sp³-hybridized carbons (Fsp3) is 0.231. The van der Waals surface area contributed by atoms with Crippen LogP contribution >= 0.6 is 0 Å². The molecule has 0 atom stereocenters. The van der Waals surface area contributed by atoms with E-state index in [-0.39, 0.29) is 5.41 Å². The van der Waals surface area contributed by atoms with E-state index in [2.05, 4.69) is 73.4 Å². The lowest BCUT2D eigenvalue weighted by molar-refractivity contribution is 0.415. The van der Waals surface area contributed by atoms with Crippen LogP contribution in [0.3, 0.4) is 0 Å². The highest BCUT2D eigenvalue weighted by molar-refractivity contribution is 6.36. The van der Waals surface area contributed by atoms with Crippen molar-refractivity contribution in [1.82, 2.24) is 0 Å². The summed E-state index contributed by atoms with van der Waals surface area (Å²) in [5.41, 5.74) is 6.30. The quantitative estimate of drug-likeness (QED) is 0.371. The molecule has 5 nitrogen and oxygen atoms in total. The third-order valence-electron chi connectivity index (χ3n) is 5.88. The van der Waals surface area contributed by atoms with Gasteiger partial charge in [-0.1, -0.05) is 32.0 Å². The van der Waals surface area contributed by atoms with Crippen molar-refractivity contribution in [1.29, 1.82) is 0 Å². The Morgan fingerprint density at radius 2 is 1.42 bits per heavy atom. The number of rotatable bonds is 6. The van der Waals surface area contributed by atoms with Crippen LogP contribution in [0.2, 0.25) is 0 Å². The summed E-state index contributed by atoms with van der Waals surface area (Å²) >= 11 is 0. The lowest BCUT2D eigenvalue weighted by Gasteiger charge is -2.22. The smallest absolute Gasteiger partial charge is 0.119 e. The second kappa shape index (κ2) is 8.26. The highest BCUT2D eigenvalue weighted by Gasteiger charge is 2.33. The van der Waals surface area contributed by atoms with Gasteiger partial charge < -0.3 is 9.64 Å². The zero-order valence-corrected chi connectivity index (χ0v) is 18.7. The Hall–Kier alpha value is -3.60. The van der Waals surface area contributed by atoms with Crippen LogP contribution in [0.4, 0.5) is 22.7 Å². The number of hydrogen-bond donors (Lipinski definition) is 0. The van der Waals surface area contributed by atoms with E-state index in [1.807, 2.05) is 48.6 Å². The largest absolute Gasteiger partial charge is 0.497 e. The molecule has 0 aromatic heterocycles. The Kier molecular flexibility index (Phi) is 5.51. The van der Waals surface area contributed by atoms with E-state index in [9.17, 15) is 0 Å². The molecule has 0 saturated heterocycles. The predicted octanol–water partition coefficient (Wildman–Crippen LogP) is 5.95. The average molecular weight is 413 g/mol. The third-order valence-corrected chi connectivity index (χ3v) is 5.88. The summed E-state index contributed by atoms with van der Waals surface area (Å²) in [5.74, 6) is 0.852. The van der Waals surface area contributed by atoms with Crippen LogP contribution in [0.1, 0.15) is 19.4 Å². The molecular weight excluding hydrogens is 384 g/mol. The lowest BCUT2D eigenvalue weighted by atomic mass is 9.82. The first-order valence-corrected chi connectivity index (χ1v) is 10.3. The molecule has 0 spiro atoms. The second-order valence-electron chi connectivity index (χ2n) is 8.18. The van der Waals surface area contributed by atoms with Crippen molar-refractivity contribution >= 4 is 34.7 Å². The van der Waals surface area contributed by atoms with Crippen LogP contribution < -0.4 is 14.6 Å². The van der Waals surface area contributed by atoms with E-state index in [1.165, 1.54) is 5.56 Å². The first-order chi connectivity index (χ1) is 14.9. The minimum Gasteiger partial charge on any atom is -0.497 e. The van der Waals surface area contributed by atoms with Gasteiger partial charge in [0, 0.05) is 30.9 Å². The molecule has 0 N–H and O–H groups in total. The van der Waals surface area contributed by atoms with Gasteiger partial charge in [-0.2, -0.15) is 5.10 Å². The Morgan fingerprint density at radius 3 is 2.03 bits per heavy atom. The SMILES string of the molecule is COc1ccc(N(C)c2ccc(N(C)/N=C/C3=Nc4ccccc4C3(C)C)cc2)cc1. The van der Waals surface area contributed by atoms with Gasteiger partial charge in [0.25, 0.3) is 0 Å². The number of anilines is 3. The summed E-state index contributed by atoms with van der Waals surface area (Å²) in [6.45, 7) is 4.38. The number of nitrogens with zero attached hydrogens (tertiary/aromatic N) is 4. The van der Waals surface area contributed by atoms with Crippen LogP contribution in [0.5, 0.6) is 5.75 Å². The molecule has 1 aliphatic heterocycles. The van der Waals surface area contributed by atoms with Gasteiger partial charge in [-0.3, -0.25) is 10.0 Å². The summed E-state index contributed by atoms with van der Waals surface area (Å²) in [6.07, 6.45) is 1.87. The molecule has 0 amide bonds. The zero-order valence-electron chi connectivity index (χ0n) is 18.7. The Bertz CT molecular complexity index is 1110. The van der Waals surface area contributed by atoms with E-state index in [4.69, 9.17) is 9.73 Å². The molecule has 0 bridgehead atoms. The summed E-state index contributed by atoms with van der Waals surface area (Å²) in [4.78, 5) is 6.92. The maximum absolute atomic E-state index is 5.24. The molecule has 1 aliphatic rings. The fourth-order valence-electron chi connectivity index (χ4n) is 3.75. The number of aliphatic imine (C=N–C) groups is 1. The van der Waals surface area contributed by atoms with Gasteiger partial charge in [-0.15, -0.1) is 0 Å². The molecule has 1 heterocycles. The van der Waals surface area contributed by atoms with Crippen molar-refractivity contribution in [3.8, 4) is 5.75 Å². The number of hydrogen-bond acceptors (Lipinski definition) is 5. The third kappa shape index (κ3) is 4.04. The molecule has 3 aromatic rings. The monoisotopic (exact) mass is 412 g/mol. The molecule has 0 aliphatic carbocycles. The van der Waals surface area contributed by atoms with Crippen molar-refractivity contribution in [2.45, 2.75) is 19.3 Å². The Labute approximate surface area is 184 Å². The summed E-state index contributed by atoms with van der Waals surface area (Å²) < 4.78 is 5.24. The van der Waals surface area contributed by atoms with Gasteiger partial charge in [0.15, 0.2) is 0 Å². The summed E-state index contributed by atoms with van der Waals surface area (Å²) in [7, 11) is 5.68. The minimum atomic E-state index is -0.147. The molecule has 4 rings (SSSR count). The van der Waals surface area contributed by atoms with E-state index >= 15 is 0 Å². The molecule has 158 valence electrons. The minimum absolute atomic E-state index is 0.147. The maximum Gasteiger partial charge on any atom is 0.119 e. The highest BCUT2D eigenvalue weighted by atomic mass is 16.5. The number of para-hydroxylation sites is 1. The zero-order chi connectivity index (χ0) is 22.0. The van der Waals surface area contributed by atoms with E-state index < -0.39 is 0 Å². The van der Waals surface area contributed by atoms with E-state index in [0.717, 1.165) is 34.2 Å². The first-order valence-electron chi connectivity index (χ1n) is 10.3. The molecule has 0 unspecified atom stereocenters. The fourth-order valence-corrected chi connectivity index (χ4v) is 3.75. The number of benzene rings is 3. The first kappa shape index (κ1) is 20.7. The highest BCUT2D eigenvalue weighted by Crippen LogP contribution is 2.39. The maximum atomic E-state index is 5.24. The van der Waals surface area contributed by atoms with Crippen LogP contribution in [0.25, 0.3) is 0 Å². The number of ether oxygens (including phenoxy) is 1.